The lowest BCUT2D eigenvalue weighted by molar-refractivity contribution is -0.122. The van der Waals surface area contributed by atoms with Gasteiger partial charge in [0.25, 0.3) is 5.91 Å². The molecule has 0 aliphatic carbocycles. The summed E-state index contributed by atoms with van der Waals surface area (Å²) in [6.07, 6.45) is 3.35. The topological polar surface area (TPSA) is 63.9 Å². The molecule has 0 spiro atoms. The summed E-state index contributed by atoms with van der Waals surface area (Å²) >= 11 is 5.34. The monoisotopic (exact) mass is 462 g/mol. The first-order valence-electron chi connectivity index (χ1n) is 10.7. The molecule has 33 heavy (non-hydrogen) atoms. The smallest absolute Gasteiger partial charge is 0.276 e. The Bertz CT molecular complexity index is 1170. The molecular formula is C26H26N2O4S. The summed E-state index contributed by atoms with van der Waals surface area (Å²) in [7, 11) is 1.63. The fourth-order valence-corrected chi connectivity index (χ4v) is 3.81. The zero-order valence-electron chi connectivity index (χ0n) is 18.8. The first kappa shape index (κ1) is 22.6. The number of furan rings is 1. The molecule has 1 amide bonds. The van der Waals surface area contributed by atoms with Gasteiger partial charge in [0.2, 0.25) is 0 Å². The Morgan fingerprint density at radius 2 is 1.94 bits per heavy atom. The average Bonchev–Trinajstić information content (AvgIpc) is 3.42. The van der Waals surface area contributed by atoms with E-state index in [1.54, 1.807) is 25.5 Å². The fraction of sp³-hybridized carbons (Fsp3) is 0.231. The second kappa shape index (κ2) is 9.92. The van der Waals surface area contributed by atoms with E-state index in [1.807, 2.05) is 36.4 Å². The molecule has 0 radical (unpaired) electrons. The Labute approximate surface area is 198 Å². The summed E-state index contributed by atoms with van der Waals surface area (Å²) in [5, 5.41) is 3.35. The maximum absolute atomic E-state index is 12.9. The number of rotatable bonds is 8. The Hall–Kier alpha value is -3.58. The van der Waals surface area contributed by atoms with Crippen LogP contribution in [0.2, 0.25) is 0 Å². The Kier molecular flexibility index (Phi) is 6.79. The van der Waals surface area contributed by atoms with Crippen molar-refractivity contribution >= 4 is 29.3 Å². The number of methoxy groups -OCH3 is 1. The van der Waals surface area contributed by atoms with Crippen molar-refractivity contribution < 1.29 is 18.7 Å². The van der Waals surface area contributed by atoms with Crippen LogP contribution in [0.3, 0.4) is 0 Å². The number of carbonyl (C=O) groups excluding carboxylic acids is 1. The maximum Gasteiger partial charge on any atom is 0.276 e. The molecule has 7 heteroatoms. The molecule has 3 aromatic rings. The molecule has 1 aliphatic rings. The molecule has 1 N–H and O–H groups in total. The third-order valence-electron chi connectivity index (χ3n) is 5.41. The number of ether oxygens (including phenoxy) is 2. The van der Waals surface area contributed by atoms with Crippen molar-refractivity contribution in [1.29, 1.82) is 0 Å². The number of nitrogens with one attached hydrogen (secondary N) is 1. The molecule has 1 aliphatic heterocycles. The lowest BCUT2D eigenvalue weighted by atomic mass is 10.0. The highest BCUT2D eigenvalue weighted by atomic mass is 32.1. The van der Waals surface area contributed by atoms with E-state index >= 15 is 0 Å². The summed E-state index contributed by atoms with van der Waals surface area (Å²) < 4.78 is 16.8. The predicted molar refractivity (Wildman–Crippen MR) is 131 cm³/mol. The summed E-state index contributed by atoms with van der Waals surface area (Å²) in [5.41, 5.74) is 3.39. The summed E-state index contributed by atoms with van der Waals surface area (Å²) in [6, 6.07) is 17.4. The van der Waals surface area contributed by atoms with E-state index in [9.17, 15) is 4.79 Å². The highest BCUT2D eigenvalue weighted by Crippen LogP contribution is 2.25. The SMILES string of the molecule is COc1ccc(/C=C2/NC(=S)N(Cc3ccco3)C2=O)cc1COc1ccc(C(C)C)cc1. The Morgan fingerprint density at radius 1 is 1.15 bits per heavy atom. The van der Waals surface area contributed by atoms with E-state index < -0.39 is 0 Å². The van der Waals surface area contributed by atoms with Gasteiger partial charge in [-0.2, -0.15) is 0 Å². The van der Waals surface area contributed by atoms with Crippen LogP contribution in [0.1, 0.15) is 42.2 Å². The summed E-state index contributed by atoms with van der Waals surface area (Å²) in [4.78, 5) is 14.3. The van der Waals surface area contributed by atoms with Gasteiger partial charge < -0.3 is 19.2 Å². The van der Waals surface area contributed by atoms with Crippen molar-refractivity contribution in [1.82, 2.24) is 10.2 Å². The van der Waals surface area contributed by atoms with Crippen molar-refractivity contribution in [3.63, 3.8) is 0 Å². The fourth-order valence-electron chi connectivity index (χ4n) is 3.55. The van der Waals surface area contributed by atoms with Gasteiger partial charge in [-0.1, -0.05) is 32.0 Å². The molecule has 0 bridgehead atoms. The molecule has 4 rings (SSSR count). The minimum Gasteiger partial charge on any atom is -0.496 e. The number of hydrogen-bond acceptors (Lipinski definition) is 5. The zero-order valence-corrected chi connectivity index (χ0v) is 19.6. The molecule has 1 fully saturated rings. The predicted octanol–water partition coefficient (Wildman–Crippen LogP) is 5.25. The number of hydrogen-bond donors (Lipinski definition) is 1. The molecule has 170 valence electrons. The minimum atomic E-state index is -0.199. The highest BCUT2D eigenvalue weighted by Gasteiger charge is 2.31. The van der Waals surface area contributed by atoms with Crippen LogP contribution in [0.5, 0.6) is 11.5 Å². The van der Waals surface area contributed by atoms with E-state index in [0.29, 0.717) is 29.1 Å². The second-order valence-corrected chi connectivity index (χ2v) is 8.43. The molecule has 0 unspecified atom stereocenters. The van der Waals surface area contributed by atoms with E-state index in [0.717, 1.165) is 22.6 Å². The van der Waals surface area contributed by atoms with Crippen molar-refractivity contribution in [3.8, 4) is 11.5 Å². The van der Waals surface area contributed by atoms with Crippen LogP contribution in [0.25, 0.3) is 6.08 Å². The van der Waals surface area contributed by atoms with Gasteiger partial charge in [0, 0.05) is 5.56 Å². The third-order valence-corrected chi connectivity index (χ3v) is 5.74. The molecule has 1 aromatic heterocycles. The molecule has 2 aromatic carbocycles. The number of nitrogens with zero attached hydrogens (tertiary/aromatic N) is 1. The largest absolute Gasteiger partial charge is 0.496 e. The lowest BCUT2D eigenvalue weighted by Crippen LogP contribution is -2.29. The van der Waals surface area contributed by atoms with E-state index in [-0.39, 0.29) is 12.5 Å². The van der Waals surface area contributed by atoms with Gasteiger partial charge in [-0.25, -0.2) is 0 Å². The number of carbonyl (C=O) groups is 1. The van der Waals surface area contributed by atoms with Crippen LogP contribution >= 0.6 is 12.2 Å². The zero-order chi connectivity index (χ0) is 23.4. The van der Waals surface area contributed by atoms with Crippen LogP contribution in [0.4, 0.5) is 0 Å². The van der Waals surface area contributed by atoms with Gasteiger partial charge in [0.1, 0.15) is 29.6 Å². The van der Waals surface area contributed by atoms with Crippen LogP contribution < -0.4 is 14.8 Å². The van der Waals surface area contributed by atoms with Crippen molar-refractivity contribution in [2.45, 2.75) is 32.9 Å². The molecule has 2 heterocycles. The standard InChI is InChI=1S/C26H26N2O4S/c1-17(2)19-7-9-21(10-8-19)32-16-20-13-18(6-11-24(20)30-3)14-23-25(29)28(26(33)27-23)15-22-5-4-12-31-22/h4-14,17H,15-16H2,1-3H3,(H,27,33)/b23-14+. The lowest BCUT2D eigenvalue weighted by Gasteiger charge is -2.12. The molecule has 0 atom stereocenters. The molecular weight excluding hydrogens is 436 g/mol. The quantitative estimate of drug-likeness (QED) is 0.364. The molecule has 1 saturated heterocycles. The first-order valence-corrected chi connectivity index (χ1v) is 11.1. The Balaban J connectivity index is 1.49. The Morgan fingerprint density at radius 3 is 2.61 bits per heavy atom. The number of benzene rings is 2. The van der Waals surface area contributed by atoms with Crippen LogP contribution in [-0.4, -0.2) is 23.0 Å². The van der Waals surface area contributed by atoms with Gasteiger partial charge in [-0.05, 0) is 71.7 Å². The maximum atomic E-state index is 12.9. The average molecular weight is 463 g/mol. The van der Waals surface area contributed by atoms with Gasteiger partial charge in [-0.15, -0.1) is 0 Å². The molecule has 0 saturated carbocycles. The third kappa shape index (κ3) is 5.26. The second-order valence-electron chi connectivity index (χ2n) is 8.04. The van der Waals surface area contributed by atoms with Gasteiger partial charge in [-0.3, -0.25) is 9.69 Å². The van der Waals surface area contributed by atoms with Gasteiger partial charge in [0.15, 0.2) is 5.11 Å². The van der Waals surface area contributed by atoms with Gasteiger partial charge in [0.05, 0.1) is 19.9 Å². The first-order chi connectivity index (χ1) is 15.9. The van der Waals surface area contributed by atoms with E-state index in [1.165, 1.54) is 10.5 Å². The molecule has 6 nitrogen and oxygen atoms in total. The van der Waals surface area contributed by atoms with Crippen molar-refractivity contribution in [2.24, 2.45) is 0 Å². The van der Waals surface area contributed by atoms with Gasteiger partial charge >= 0.3 is 0 Å². The minimum absolute atomic E-state index is 0.199. The van der Waals surface area contributed by atoms with Crippen molar-refractivity contribution in [2.75, 3.05) is 7.11 Å². The number of thiocarbonyl (C=S) groups is 1. The summed E-state index contributed by atoms with van der Waals surface area (Å²) in [5.74, 6) is 2.45. The van der Waals surface area contributed by atoms with Crippen LogP contribution in [0, 0.1) is 0 Å². The highest BCUT2D eigenvalue weighted by molar-refractivity contribution is 7.80. The van der Waals surface area contributed by atoms with Crippen LogP contribution in [-0.2, 0) is 17.9 Å². The normalized spacial score (nSPS) is 14.8. The van der Waals surface area contributed by atoms with E-state index in [2.05, 4.69) is 31.3 Å². The van der Waals surface area contributed by atoms with E-state index in [4.69, 9.17) is 26.1 Å². The summed E-state index contributed by atoms with van der Waals surface area (Å²) in [6.45, 7) is 4.94. The van der Waals surface area contributed by atoms with Crippen LogP contribution in [0.15, 0.2) is 71.0 Å². The number of amides is 1. The van der Waals surface area contributed by atoms with Crippen molar-refractivity contribution in [3.05, 3.63) is 89.0 Å².